The fraction of sp³-hybridized carbons (Fsp3) is 0.792. The Morgan fingerprint density at radius 3 is 2.23 bits per heavy atom. The van der Waals surface area contributed by atoms with Crippen molar-refractivity contribution in [2.75, 3.05) is 0 Å². The average Bonchev–Trinajstić information content (AvgIpc) is 2.54. The highest BCUT2D eigenvalue weighted by atomic mass is 16.6. The maximum Gasteiger partial charge on any atom is 0.302 e. The van der Waals surface area contributed by atoms with E-state index >= 15 is 0 Å². The first-order chi connectivity index (χ1) is 13.7. The molecule has 1 saturated heterocycles. The molecule has 7 atom stereocenters. The van der Waals surface area contributed by atoms with Crippen LogP contribution in [0.2, 0.25) is 0 Å². The molecule has 30 heavy (non-hydrogen) atoms. The van der Waals surface area contributed by atoms with Gasteiger partial charge in [-0.05, 0) is 32.1 Å². The second kappa shape index (κ2) is 7.18. The van der Waals surface area contributed by atoms with E-state index in [0.29, 0.717) is 12.8 Å². The van der Waals surface area contributed by atoms with Gasteiger partial charge in [0.1, 0.15) is 18.0 Å². The molecule has 7 unspecified atom stereocenters. The minimum atomic E-state index is -0.866. The van der Waals surface area contributed by atoms with Gasteiger partial charge < -0.3 is 14.2 Å². The van der Waals surface area contributed by atoms with Crippen LogP contribution in [0.25, 0.3) is 0 Å². The van der Waals surface area contributed by atoms with E-state index < -0.39 is 34.7 Å². The van der Waals surface area contributed by atoms with Gasteiger partial charge in [0.25, 0.3) is 0 Å². The Labute approximate surface area is 179 Å². The van der Waals surface area contributed by atoms with Gasteiger partial charge in [0.2, 0.25) is 0 Å². The second-order valence-corrected chi connectivity index (χ2v) is 10.8. The summed E-state index contributed by atoms with van der Waals surface area (Å²) in [7, 11) is 0. The van der Waals surface area contributed by atoms with Gasteiger partial charge in [-0.15, -0.1) is 6.58 Å². The number of carbonyl (C=O) groups excluding carboxylic acids is 3. The lowest BCUT2D eigenvalue weighted by Gasteiger charge is -2.67. The first-order valence-electron chi connectivity index (χ1n) is 10.9. The van der Waals surface area contributed by atoms with Gasteiger partial charge in [0.05, 0.1) is 17.1 Å². The van der Waals surface area contributed by atoms with Crippen molar-refractivity contribution in [2.24, 2.45) is 22.7 Å². The lowest BCUT2D eigenvalue weighted by atomic mass is 9.42. The van der Waals surface area contributed by atoms with Gasteiger partial charge in [-0.3, -0.25) is 14.4 Å². The maximum absolute atomic E-state index is 13.7. The SMILES string of the molecule is C=CC1(C)CC(=O)C2C(C)(CC(OC(C)=O)C3C(C)(C)CCC(OC(C)=O)C32C)O1. The topological polar surface area (TPSA) is 78.9 Å². The minimum Gasteiger partial charge on any atom is -0.462 e. The number of carbonyl (C=O) groups is 3. The molecule has 0 aromatic carbocycles. The van der Waals surface area contributed by atoms with E-state index in [2.05, 4.69) is 20.4 Å². The van der Waals surface area contributed by atoms with Crippen LogP contribution in [0, 0.1) is 22.7 Å². The first kappa shape index (κ1) is 23.0. The molecule has 1 aliphatic heterocycles. The van der Waals surface area contributed by atoms with Crippen LogP contribution in [0.5, 0.6) is 0 Å². The highest BCUT2D eigenvalue weighted by molar-refractivity contribution is 5.86. The summed E-state index contributed by atoms with van der Waals surface area (Å²) in [5.41, 5.74) is -2.57. The summed E-state index contributed by atoms with van der Waals surface area (Å²) in [5, 5.41) is 0. The van der Waals surface area contributed by atoms with Crippen molar-refractivity contribution in [2.45, 2.75) is 97.6 Å². The fourth-order valence-electron chi connectivity index (χ4n) is 7.20. The van der Waals surface area contributed by atoms with E-state index in [0.717, 1.165) is 6.42 Å². The normalized spacial score (nSPS) is 45.0. The molecule has 6 heteroatoms. The Hall–Kier alpha value is -1.69. The minimum absolute atomic E-state index is 0.0924. The van der Waals surface area contributed by atoms with E-state index in [4.69, 9.17) is 14.2 Å². The number of ketones is 1. The maximum atomic E-state index is 13.7. The molecule has 3 rings (SSSR count). The largest absolute Gasteiger partial charge is 0.462 e. The summed E-state index contributed by atoms with van der Waals surface area (Å²) in [6.45, 7) is 16.8. The van der Waals surface area contributed by atoms with E-state index in [9.17, 15) is 14.4 Å². The predicted octanol–water partition coefficient (Wildman–Crippen LogP) is 4.01. The van der Waals surface area contributed by atoms with E-state index in [-0.39, 0.29) is 35.5 Å². The molecule has 3 aliphatic rings. The third-order valence-corrected chi connectivity index (χ3v) is 7.84. The van der Waals surface area contributed by atoms with Gasteiger partial charge in [-0.2, -0.15) is 0 Å². The Balaban J connectivity index is 2.20. The zero-order valence-corrected chi connectivity index (χ0v) is 19.4. The summed E-state index contributed by atoms with van der Waals surface area (Å²) in [6.07, 6.45) is 2.90. The monoisotopic (exact) mass is 420 g/mol. The van der Waals surface area contributed by atoms with Crippen LogP contribution in [-0.4, -0.2) is 41.1 Å². The number of fused-ring (bicyclic) bond motifs is 3. The third kappa shape index (κ3) is 3.51. The molecule has 0 N–H and O–H groups in total. The molecular formula is C24H36O6. The first-order valence-corrected chi connectivity index (χ1v) is 10.9. The van der Waals surface area contributed by atoms with Crippen LogP contribution in [0.3, 0.4) is 0 Å². The van der Waals surface area contributed by atoms with Crippen molar-refractivity contribution >= 4 is 17.7 Å². The molecule has 0 aromatic rings. The van der Waals surface area contributed by atoms with E-state index in [1.165, 1.54) is 13.8 Å². The number of hydrogen-bond acceptors (Lipinski definition) is 6. The average molecular weight is 421 g/mol. The van der Waals surface area contributed by atoms with Crippen molar-refractivity contribution in [3.8, 4) is 0 Å². The molecule has 168 valence electrons. The summed E-state index contributed by atoms with van der Waals surface area (Å²) >= 11 is 0. The number of hydrogen-bond donors (Lipinski definition) is 0. The van der Waals surface area contributed by atoms with Gasteiger partial charge in [0, 0.05) is 38.0 Å². The number of esters is 2. The van der Waals surface area contributed by atoms with Crippen molar-refractivity contribution in [3.63, 3.8) is 0 Å². The molecule has 0 bridgehead atoms. The van der Waals surface area contributed by atoms with Gasteiger partial charge in [-0.1, -0.05) is 26.8 Å². The molecule has 0 spiro atoms. The van der Waals surface area contributed by atoms with Crippen molar-refractivity contribution < 1.29 is 28.6 Å². The summed E-state index contributed by atoms with van der Waals surface area (Å²) < 4.78 is 18.3. The Bertz CT molecular complexity index is 772. The lowest BCUT2D eigenvalue weighted by molar-refractivity contribution is -0.286. The molecule has 0 amide bonds. The summed E-state index contributed by atoms with van der Waals surface area (Å²) in [6, 6.07) is 0. The van der Waals surface area contributed by atoms with Crippen LogP contribution < -0.4 is 0 Å². The highest BCUT2D eigenvalue weighted by Gasteiger charge is 2.71. The van der Waals surface area contributed by atoms with E-state index in [1.54, 1.807) is 6.08 Å². The summed E-state index contributed by atoms with van der Waals surface area (Å²) in [5.74, 6) is -1.25. The van der Waals surface area contributed by atoms with E-state index in [1.807, 2.05) is 20.8 Å². The van der Waals surface area contributed by atoms with Crippen molar-refractivity contribution in [1.29, 1.82) is 0 Å². The second-order valence-electron chi connectivity index (χ2n) is 10.8. The zero-order chi connectivity index (χ0) is 22.7. The Kier molecular flexibility index (Phi) is 5.50. The van der Waals surface area contributed by atoms with Crippen LogP contribution in [0.4, 0.5) is 0 Å². The third-order valence-electron chi connectivity index (χ3n) is 7.84. The molecular weight excluding hydrogens is 384 g/mol. The quantitative estimate of drug-likeness (QED) is 0.507. The Morgan fingerprint density at radius 1 is 1.10 bits per heavy atom. The van der Waals surface area contributed by atoms with Crippen LogP contribution >= 0.6 is 0 Å². The number of ether oxygens (including phenoxy) is 3. The van der Waals surface area contributed by atoms with Crippen molar-refractivity contribution in [3.05, 3.63) is 12.7 Å². The van der Waals surface area contributed by atoms with Crippen LogP contribution in [0.1, 0.15) is 74.1 Å². The molecule has 0 radical (unpaired) electrons. The molecule has 3 fully saturated rings. The molecule has 1 heterocycles. The fourth-order valence-corrected chi connectivity index (χ4v) is 7.20. The number of Topliss-reactive ketones (excluding diaryl/α,β-unsaturated/α-hetero) is 1. The molecule has 2 saturated carbocycles. The number of rotatable bonds is 3. The van der Waals surface area contributed by atoms with Crippen LogP contribution in [-0.2, 0) is 28.6 Å². The molecule has 2 aliphatic carbocycles. The molecule has 0 aromatic heterocycles. The van der Waals surface area contributed by atoms with Crippen molar-refractivity contribution in [1.82, 2.24) is 0 Å². The molecule has 6 nitrogen and oxygen atoms in total. The smallest absolute Gasteiger partial charge is 0.302 e. The van der Waals surface area contributed by atoms with Crippen LogP contribution in [0.15, 0.2) is 12.7 Å². The Morgan fingerprint density at radius 2 is 1.70 bits per heavy atom. The predicted molar refractivity (Wildman–Crippen MR) is 112 cm³/mol. The van der Waals surface area contributed by atoms with Gasteiger partial charge >= 0.3 is 11.9 Å². The lowest BCUT2D eigenvalue weighted by Crippen LogP contribution is -2.73. The zero-order valence-electron chi connectivity index (χ0n) is 19.4. The van der Waals surface area contributed by atoms with Gasteiger partial charge in [-0.25, -0.2) is 0 Å². The van der Waals surface area contributed by atoms with Gasteiger partial charge in [0.15, 0.2) is 0 Å². The standard InChI is InChI=1S/C24H36O6/c1-9-22(6)12-16(27)19-23(7,30-22)13-17(28-14(2)25)20-21(4,5)11-10-18(24(19,20)8)29-15(3)26/h9,17-20H,1,10-13H2,2-8H3. The highest BCUT2D eigenvalue weighted by Crippen LogP contribution is 2.66. The summed E-state index contributed by atoms with van der Waals surface area (Å²) in [4.78, 5) is 37.7.